The maximum Gasteiger partial charge on any atom is 0.208 e. The Labute approximate surface area is 423 Å². The van der Waals surface area contributed by atoms with Gasteiger partial charge in [-0.15, -0.1) is 0 Å². The van der Waals surface area contributed by atoms with Gasteiger partial charge in [0.2, 0.25) is 69.0 Å². The molecule has 30 heteroatoms. The number of rotatable bonds is 4. The molecular weight excluding hydrogens is 1060 g/mol. The molecule has 0 amide bonds. The second-order valence-electron chi connectivity index (χ2n) is 17.1. The van der Waals surface area contributed by atoms with Gasteiger partial charge in [0.15, 0.2) is 80.2 Å². The fourth-order valence-electron chi connectivity index (χ4n) is 9.62. The lowest BCUT2D eigenvalue weighted by Crippen LogP contribution is -1.98. The summed E-state index contributed by atoms with van der Waals surface area (Å²) in [6.45, 7) is 0. The van der Waals surface area contributed by atoms with E-state index in [0.29, 0.717) is 6.07 Å². The van der Waals surface area contributed by atoms with Crippen LogP contribution in [0.3, 0.4) is 0 Å². The summed E-state index contributed by atoms with van der Waals surface area (Å²) in [6, 6.07) is 0.603. The zero-order chi connectivity index (χ0) is 57.5. The van der Waals surface area contributed by atoms with E-state index in [0.717, 1.165) is 0 Å². The summed E-state index contributed by atoms with van der Waals surface area (Å²) in [7, 11) is 0. The Morgan fingerprint density at radius 1 is 0.167 bits per heavy atom. The van der Waals surface area contributed by atoms with E-state index in [1.54, 1.807) is 0 Å². The quantitative estimate of drug-likeness (QED) is 0.0613. The van der Waals surface area contributed by atoms with Gasteiger partial charge in [0.25, 0.3) is 0 Å². The normalized spacial score (nSPS) is 11.8. The lowest BCUT2D eigenvalue weighted by atomic mass is 9.80. The van der Waals surface area contributed by atoms with Crippen LogP contribution in [0.15, 0.2) is 10.5 Å². The molecule has 0 fully saturated rings. The van der Waals surface area contributed by atoms with Crippen molar-refractivity contribution in [3.8, 4) is 211 Å². The van der Waals surface area contributed by atoms with Gasteiger partial charge in [0.05, 0.1) is 49.5 Å². The van der Waals surface area contributed by atoms with Crippen molar-refractivity contribution >= 4 is 54.3 Å². The molecule has 402 valence electrons. The number of hydrogen-bond donors (Lipinski definition) is 29. The molecule has 0 aliphatic carbocycles. The molecule has 0 radical (unpaired) electrons. The van der Waals surface area contributed by atoms with Crippen LogP contribution in [0.1, 0.15) is 0 Å². The zero-order valence-electron chi connectivity index (χ0n) is 37.5. The molecule has 0 aliphatic heterocycles. The smallest absolute Gasteiger partial charge is 0.208 e. The van der Waals surface area contributed by atoms with Crippen LogP contribution >= 0.6 is 0 Å². The van der Waals surface area contributed by atoms with Crippen LogP contribution in [0.5, 0.6) is 167 Å². The Morgan fingerprint density at radius 2 is 0.410 bits per heavy atom. The summed E-state index contributed by atoms with van der Waals surface area (Å²) in [6.07, 6.45) is 0. The van der Waals surface area contributed by atoms with Crippen molar-refractivity contribution < 1.29 is 153 Å². The average Bonchev–Trinajstić information content (AvgIpc) is 3.95. The molecule has 0 saturated carbocycles. The molecule has 9 aromatic carbocycles. The maximum atomic E-state index is 12.4. The topological polar surface area (TPSA) is 600 Å². The number of phenolic OH excluding ortho intramolecular Hbond substituents is 29. The van der Waals surface area contributed by atoms with Gasteiger partial charge in [-0.1, -0.05) is 0 Å². The summed E-state index contributed by atoms with van der Waals surface area (Å²) in [5.41, 5.74) is -15.4. The molecular formula is C48H30O30. The van der Waals surface area contributed by atoms with Crippen molar-refractivity contribution in [2.24, 2.45) is 0 Å². The van der Waals surface area contributed by atoms with Gasteiger partial charge in [-0.2, -0.15) is 0 Å². The summed E-state index contributed by atoms with van der Waals surface area (Å²) >= 11 is 0. The molecule has 0 atom stereocenters. The average molecular weight is 1090 g/mol. The van der Waals surface area contributed by atoms with Gasteiger partial charge in [-0.3, -0.25) is 0 Å². The van der Waals surface area contributed by atoms with Gasteiger partial charge in [0, 0.05) is 38.1 Å². The third-order valence-corrected chi connectivity index (χ3v) is 13.2. The number of aromatic hydroxyl groups is 29. The van der Waals surface area contributed by atoms with E-state index in [9.17, 15) is 148 Å². The Hall–Kier alpha value is -12.2. The first-order valence-corrected chi connectivity index (χ1v) is 21.0. The van der Waals surface area contributed by atoms with E-state index >= 15 is 0 Å². The highest BCUT2D eigenvalue weighted by Gasteiger charge is 2.42. The lowest BCUT2D eigenvalue weighted by molar-refractivity contribution is 0.329. The maximum absolute atomic E-state index is 12.4. The molecule has 10 aromatic rings. The van der Waals surface area contributed by atoms with E-state index < -0.39 is 265 Å². The summed E-state index contributed by atoms with van der Waals surface area (Å²) in [5, 5.41) is 317. The number of hydrogen-bond acceptors (Lipinski definition) is 30. The molecule has 0 spiro atoms. The highest BCUT2D eigenvalue weighted by atomic mass is 16.4. The predicted molar refractivity (Wildman–Crippen MR) is 256 cm³/mol. The second kappa shape index (κ2) is 15.4. The molecule has 78 heavy (non-hydrogen) atoms. The van der Waals surface area contributed by atoms with Gasteiger partial charge >= 0.3 is 0 Å². The van der Waals surface area contributed by atoms with Crippen LogP contribution in [-0.4, -0.2) is 148 Å². The third-order valence-electron chi connectivity index (χ3n) is 13.2. The van der Waals surface area contributed by atoms with Crippen molar-refractivity contribution in [1.82, 2.24) is 0 Å². The molecule has 0 bridgehead atoms. The Bertz CT molecular complexity index is 4300. The fraction of sp³-hybridized carbons (Fsp3) is 0. The molecule has 30 nitrogen and oxygen atoms in total. The minimum absolute atomic E-state index is 0.603. The molecule has 10 rings (SSSR count). The first-order chi connectivity index (χ1) is 36.4. The summed E-state index contributed by atoms with van der Waals surface area (Å²) in [4.78, 5) is 0. The van der Waals surface area contributed by atoms with Gasteiger partial charge in [-0.05, 0) is 6.07 Å². The standard InChI is InChI=1S/C48H30O30/c49-3-1-2-4(26(57)20(3)51)21(52)17-18-25(56)12(35(66)46(77)48(18)78-47(17)19(2)50)6-9-7(27(58)36(67)38(69)29(9)60)5(8-10(6)30(61)39(70)37(68)28(8)59)11-22(53)13(15-31(62)40(71)44(75)41(72)32(15)63)24(55)14(23(11)54)16-33(64)42(73)45(76)43(74)34(16)65/h1,49-77H. The summed E-state index contributed by atoms with van der Waals surface area (Å²) < 4.78 is 5.51. The predicted octanol–water partition coefficient (Wildman–Crippen LogP) is 5.18. The number of phenols is 29. The van der Waals surface area contributed by atoms with Crippen LogP contribution in [0.2, 0.25) is 0 Å². The van der Waals surface area contributed by atoms with Gasteiger partial charge < -0.3 is 153 Å². The van der Waals surface area contributed by atoms with E-state index in [1.165, 1.54) is 0 Å². The minimum atomic E-state index is -2.01. The monoisotopic (exact) mass is 1090 g/mol. The SMILES string of the molecule is Oc1cc2c(O)c3oc4c(O)c(O)c(-c5c6c(O)c(O)c(O)c(O)c6c(-c6c(O)c(-c7c(O)c(O)c(O)c(O)c7O)c(O)c(-c7c(O)c(O)c(O)c(O)c7O)c6O)c6c(O)c(O)c(O)c(O)c56)c(O)c4c3c(O)c2c(O)c1O. The Morgan fingerprint density at radius 3 is 0.769 bits per heavy atom. The van der Waals surface area contributed by atoms with Crippen molar-refractivity contribution in [3.05, 3.63) is 6.07 Å². The molecule has 0 aliphatic rings. The number of furan rings is 1. The van der Waals surface area contributed by atoms with Crippen LogP contribution < -0.4 is 0 Å². The van der Waals surface area contributed by atoms with E-state index in [2.05, 4.69) is 0 Å². The lowest BCUT2D eigenvalue weighted by Gasteiger charge is -2.26. The van der Waals surface area contributed by atoms with Crippen molar-refractivity contribution in [1.29, 1.82) is 0 Å². The van der Waals surface area contributed by atoms with Crippen molar-refractivity contribution in [3.63, 3.8) is 0 Å². The van der Waals surface area contributed by atoms with Crippen LogP contribution in [-0.2, 0) is 0 Å². The van der Waals surface area contributed by atoms with E-state index in [1.807, 2.05) is 0 Å². The summed E-state index contributed by atoms with van der Waals surface area (Å²) in [5.74, 6) is -50.1. The Kier molecular flexibility index (Phi) is 9.74. The van der Waals surface area contributed by atoms with Gasteiger partial charge in [-0.25, -0.2) is 0 Å². The van der Waals surface area contributed by atoms with Crippen LogP contribution in [0, 0.1) is 0 Å². The third kappa shape index (κ3) is 5.60. The molecule has 29 N–H and O–H groups in total. The molecule has 1 heterocycles. The molecule has 0 saturated heterocycles. The number of fused-ring (bicyclic) bond motifs is 6. The largest absolute Gasteiger partial charge is 0.506 e. The van der Waals surface area contributed by atoms with Crippen LogP contribution in [0.4, 0.5) is 0 Å². The number of benzene rings is 9. The fourth-order valence-corrected chi connectivity index (χ4v) is 9.62. The van der Waals surface area contributed by atoms with E-state index in [4.69, 9.17) is 4.42 Å². The first kappa shape index (κ1) is 49.3. The first-order valence-electron chi connectivity index (χ1n) is 21.0. The second-order valence-corrected chi connectivity index (χ2v) is 17.1. The van der Waals surface area contributed by atoms with Gasteiger partial charge in [0.1, 0.15) is 28.7 Å². The van der Waals surface area contributed by atoms with E-state index in [-0.39, 0.29) is 0 Å². The highest BCUT2D eigenvalue weighted by molar-refractivity contribution is 6.33. The van der Waals surface area contributed by atoms with Crippen LogP contribution in [0.25, 0.3) is 98.8 Å². The van der Waals surface area contributed by atoms with Crippen molar-refractivity contribution in [2.75, 3.05) is 0 Å². The zero-order valence-corrected chi connectivity index (χ0v) is 37.5. The molecule has 0 unspecified atom stereocenters. The highest BCUT2D eigenvalue weighted by Crippen LogP contribution is 2.71. The van der Waals surface area contributed by atoms with Crippen molar-refractivity contribution in [2.45, 2.75) is 0 Å². The Balaban J connectivity index is 1.54. The molecule has 1 aromatic heterocycles. The minimum Gasteiger partial charge on any atom is -0.506 e.